The van der Waals surface area contributed by atoms with Crippen molar-refractivity contribution in [3.63, 3.8) is 0 Å². The van der Waals surface area contributed by atoms with Gasteiger partial charge in [0.1, 0.15) is 11.5 Å². The number of hydrogen-bond acceptors (Lipinski definition) is 4. The van der Waals surface area contributed by atoms with E-state index in [2.05, 4.69) is 15.3 Å². The van der Waals surface area contributed by atoms with Gasteiger partial charge in [-0.3, -0.25) is 4.79 Å². The van der Waals surface area contributed by atoms with E-state index in [-0.39, 0.29) is 5.91 Å². The Balaban J connectivity index is 2.52. The predicted octanol–water partition coefficient (Wildman–Crippen LogP) is 2.52. The van der Waals surface area contributed by atoms with Gasteiger partial charge in [-0.1, -0.05) is 5.11 Å². The molecule has 0 aliphatic rings. The molecule has 0 aliphatic heterocycles. The number of carbonyl (C=O) groups excluding carboxylic acids is 1. The summed E-state index contributed by atoms with van der Waals surface area (Å²) in [5, 5.41) is 6.22. The minimum absolute atomic E-state index is 0.201. The first-order valence-electron chi connectivity index (χ1n) is 6.24. The van der Waals surface area contributed by atoms with E-state index in [1.807, 2.05) is 0 Å². The average molecular weight is 278 g/mol. The van der Waals surface area contributed by atoms with E-state index in [0.717, 1.165) is 12.8 Å². The van der Waals surface area contributed by atoms with Crippen LogP contribution in [0.5, 0.6) is 11.5 Å². The predicted molar refractivity (Wildman–Crippen MR) is 75.1 cm³/mol. The number of nitrogens with one attached hydrogen (secondary N) is 1. The van der Waals surface area contributed by atoms with Gasteiger partial charge in [0, 0.05) is 24.1 Å². The second kappa shape index (κ2) is 8.66. The molecule has 0 unspecified atom stereocenters. The Bertz CT molecular complexity index is 498. The Hall–Kier alpha value is -2.40. The molecule has 0 aromatic heterocycles. The van der Waals surface area contributed by atoms with Gasteiger partial charge in [0.15, 0.2) is 0 Å². The third-order valence-electron chi connectivity index (χ3n) is 2.69. The quantitative estimate of drug-likeness (QED) is 0.342. The summed E-state index contributed by atoms with van der Waals surface area (Å²) in [4.78, 5) is 14.7. The van der Waals surface area contributed by atoms with Crippen LogP contribution >= 0.6 is 0 Å². The summed E-state index contributed by atoms with van der Waals surface area (Å²) in [6, 6.07) is 5.03. The number of rotatable bonds is 8. The van der Waals surface area contributed by atoms with Crippen molar-refractivity contribution < 1.29 is 14.3 Å². The van der Waals surface area contributed by atoms with E-state index in [9.17, 15) is 4.79 Å². The standard InChI is InChI=1S/C13H18N4O3/c1-19-10-5-6-11(12(9-10)20-2)13(18)15-7-3-4-8-16-17-14/h5-6,9H,3-4,7-8H2,1-2H3,(H,15,18). The first kappa shape index (κ1) is 15.7. The summed E-state index contributed by atoms with van der Waals surface area (Å²) in [5.41, 5.74) is 8.59. The van der Waals surface area contributed by atoms with Crippen molar-refractivity contribution in [2.24, 2.45) is 5.11 Å². The van der Waals surface area contributed by atoms with E-state index in [1.54, 1.807) is 25.3 Å². The van der Waals surface area contributed by atoms with Gasteiger partial charge < -0.3 is 14.8 Å². The van der Waals surface area contributed by atoms with Crippen LogP contribution in [0.1, 0.15) is 23.2 Å². The maximum atomic E-state index is 12.0. The monoisotopic (exact) mass is 278 g/mol. The molecule has 108 valence electrons. The van der Waals surface area contributed by atoms with E-state index < -0.39 is 0 Å². The zero-order valence-electron chi connectivity index (χ0n) is 11.6. The van der Waals surface area contributed by atoms with Crippen molar-refractivity contribution in [3.05, 3.63) is 34.2 Å². The number of amides is 1. The molecule has 1 rings (SSSR count). The maximum absolute atomic E-state index is 12.0. The molecular formula is C13H18N4O3. The highest BCUT2D eigenvalue weighted by atomic mass is 16.5. The minimum Gasteiger partial charge on any atom is -0.497 e. The molecule has 0 saturated carbocycles. The Kier molecular flexibility index (Phi) is 6.78. The number of benzene rings is 1. The number of ether oxygens (including phenoxy) is 2. The summed E-state index contributed by atoms with van der Waals surface area (Å²) >= 11 is 0. The van der Waals surface area contributed by atoms with Crippen LogP contribution in [0.25, 0.3) is 10.4 Å². The van der Waals surface area contributed by atoms with E-state index in [0.29, 0.717) is 30.2 Å². The van der Waals surface area contributed by atoms with Gasteiger partial charge in [0.2, 0.25) is 0 Å². The number of unbranched alkanes of at least 4 members (excludes halogenated alkanes) is 1. The fourth-order valence-electron chi connectivity index (χ4n) is 1.64. The third kappa shape index (κ3) is 4.70. The van der Waals surface area contributed by atoms with Crippen LogP contribution in [0.4, 0.5) is 0 Å². The smallest absolute Gasteiger partial charge is 0.255 e. The molecule has 7 nitrogen and oxygen atoms in total. The van der Waals surface area contributed by atoms with Crippen LogP contribution in [0.2, 0.25) is 0 Å². The van der Waals surface area contributed by atoms with E-state index in [1.165, 1.54) is 7.11 Å². The Labute approximate surface area is 117 Å². The molecule has 20 heavy (non-hydrogen) atoms. The first-order chi connectivity index (χ1) is 9.72. The lowest BCUT2D eigenvalue weighted by Crippen LogP contribution is -2.25. The summed E-state index contributed by atoms with van der Waals surface area (Å²) in [6.07, 6.45) is 1.49. The Morgan fingerprint density at radius 2 is 2.15 bits per heavy atom. The second-order valence-electron chi connectivity index (χ2n) is 3.98. The lowest BCUT2D eigenvalue weighted by molar-refractivity contribution is 0.0950. The fraction of sp³-hybridized carbons (Fsp3) is 0.462. The van der Waals surface area contributed by atoms with Crippen LogP contribution in [0, 0.1) is 0 Å². The van der Waals surface area contributed by atoms with Crippen LogP contribution in [0.15, 0.2) is 23.3 Å². The topological polar surface area (TPSA) is 96.3 Å². The van der Waals surface area contributed by atoms with E-state index >= 15 is 0 Å². The fourth-order valence-corrected chi connectivity index (χ4v) is 1.64. The molecule has 0 saturated heterocycles. The Morgan fingerprint density at radius 1 is 1.35 bits per heavy atom. The van der Waals surface area contributed by atoms with Gasteiger partial charge in [-0.05, 0) is 30.5 Å². The van der Waals surface area contributed by atoms with Crippen LogP contribution in [-0.2, 0) is 0 Å². The van der Waals surface area contributed by atoms with E-state index in [4.69, 9.17) is 15.0 Å². The number of methoxy groups -OCH3 is 2. The van der Waals surface area contributed by atoms with Gasteiger partial charge in [-0.2, -0.15) is 0 Å². The third-order valence-corrected chi connectivity index (χ3v) is 2.69. The molecule has 0 spiro atoms. The van der Waals surface area contributed by atoms with Crippen LogP contribution in [0.3, 0.4) is 0 Å². The highest BCUT2D eigenvalue weighted by Gasteiger charge is 2.12. The van der Waals surface area contributed by atoms with Crippen LogP contribution < -0.4 is 14.8 Å². The van der Waals surface area contributed by atoms with Crippen molar-refractivity contribution in [3.8, 4) is 11.5 Å². The molecule has 1 amide bonds. The second-order valence-corrected chi connectivity index (χ2v) is 3.98. The molecule has 7 heteroatoms. The summed E-state index contributed by atoms with van der Waals surface area (Å²) in [7, 11) is 3.06. The molecule has 1 N–H and O–H groups in total. The normalized spacial score (nSPS) is 9.50. The zero-order chi connectivity index (χ0) is 14.8. The lowest BCUT2D eigenvalue weighted by atomic mass is 10.1. The zero-order valence-corrected chi connectivity index (χ0v) is 11.6. The van der Waals surface area contributed by atoms with Gasteiger partial charge >= 0.3 is 0 Å². The summed E-state index contributed by atoms with van der Waals surface area (Å²) < 4.78 is 10.2. The summed E-state index contributed by atoms with van der Waals surface area (Å²) in [5.74, 6) is 0.900. The molecule has 0 fully saturated rings. The number of azide groups is 1. The highest BCUT2D eigenvalue weighted by Crippen LogP contribution is 2.24. The Morgan fingerprint density at radius 3 is 2.80 bits per heavy atom. The van der Waals surface area contributed by atoms with Gasteiger partial charge in [0.25, 0.3) is 5.91 Å². The van der Waals surface area contributed by atoms with Crippen LogP contribution in [-0.4, -0.2) is 33.2 Å². The maximum Gasteiger partial charge on any atom is 0.255 e. The molecule has 0 heterocycles. The van der Waals surface area contributed by atoms with Crippen molar-refractivity contribution in [2.45, 2.75) is 12.8 Å². The number of carbonyl (C=O) groups is 1. The van der Waals surface area contributed by atoms with Crippen molar-refractivity contribution in [1.82, 2.24) is 5.32 Å². The molecule has 0 atom stereocenters. The number of hydrogen-bond donors (Lipinski definition) is 1. The van der Waals surface area contributed by atoms with Crippen molar-refractivity contribution in [2.75, 3.05) is 27.3 Å². The summed E-state index contributed by atoms with van der Waals surface area (Å²) in [6.45, 7) is 0.965. The van der Waals surface area contributed by atoms with Gasteiger partial charge in [0.05, 0.1) is 19.8 Å². The average Bonchev–Trinajstić information content (AvgIpc) is 2.49. The minimum atomic E-state index is -0.201. The molecule has 0 radical (unpaired) electrons. The molecule has 1 aromatic carbocycles. The highest BCUT2D eigenvalue weighted by molar-refractivity contribution is 5.97. The molecular weight excluding hydrogens is 260 g/mol. The molecule has 1 aromatic rings. The van der Waals surface area contributed by atoms with Gasteiger partial charge in [-0.25, -0.2) is 0 Å². The molecule has 0 aliphatic carbocycles. The number of nitrogens with zero attached hydrogens (tertiary/aromatic N) is 3. The molecule has 0 bridgehead atoms. The van der Waals surface area contributed by atoms with Gasteiger partial charge in [-0.15, -0.1) is 0 Å². The first-order valence-corrected chi connectivity index (χ1v) is 6.24. The lowest BCUT2D eigenvalue weighted by Gasteiger charge is -2.10. The SMILES string of the molecule is COc1ccc(C(=O)NCCCCN=[N+]=[N-])c(OC)c1. The van der Waals surface area contributed by atoms with Crippen molar-refractivity contribution in [1.29, 1.82) is 0 Å². The van der Waals surface area contributed by atoms with Crippen molar-refractivity contribution >= 4 is 5.91 Å². The largest absolute Gasteiger partial charge is 0.497 e.